The van der Waals surface area contributed by atoms with Gasteiger partial charge >= 0.3 is 0 Å². The van der Waals surface area contributed by atoms with Gasteiger partial charge in [0.1, 0.15) is 0 Å². The third-order valence-electron chi connectivity index (χ3n) is 4.74. The van der Waals surface area contributed by atoms with Crippen molar-refractivity contribution in [1.82, 2.24) is 4.90 Å². The number of nitrogens with zero attached hydrogens (tertiary/aromatic N) is 1. The average molecular weight is 210 g/mol. The summed E-state index contributed by atoms with van der Waals surface area (Å²) in [6, 6.07) is 1.55. The number of hydrogen-bond acceptors (Lipinski definition) is 2. The van der Waals surface area contributed by atoms with Crippen LogP contribution in [0.5, 0.6) is 0 Å². The van der Waals surface area contributed by atoms with Gasteiger partial charge in [0, 0.05) is 18.6 Å². The Bertz CT molecular complexity index is 195. The predicted molar refractivity (Wildman–Crippen MR) is 64.8 cm³/mol. The molecule has 2 rings (SSSR count). The molecule has 1 aliphatic heterocycles. The number of piperidine rings is 1. The molecule has 2 heteroatoms. The van der Waals surface area contributed by atoms with Crippen molar-refractivity contribution < 1.29 is 0 Å². The fraction of sp³-hybridized carbons (Fsp3) is 1.00. The van der Waals surface area contributed by atoms with Crippen molar-refractivity contribution >= 4 is 0 Å². The SMILES string of the molecule is C[C@@H]1CCC[C@H](C)N1CC1(CN)CCC1. The topological polar surface area (TPSA) is 29.3 Å². The molecule has 2 N–H and O–H groups in total. The van der Waals surface area contributed by atoms with Gasteiger partial charge in [-0.25, -0.2) is 0 Å². The van der Waals surface area contributed by atoms with Gasteiger partial charge in [0.2, 0.25) is 0 Å². The minimum Gasteiger partial charge on any atom is -0.330 e. The number of rotatable bonds is 3. The molecule has 2 fully saturated rings. The van der Waals surface area contributed by atoms with Crippen molar-refractivity contribution in [1.29, 1.82) is 0 Å². The summed E-state index contributed by atoms with van der Waals surface area (Å²) in [5.74, 6) is 0. The molecule has 1 saturated carbocycles. The summed E-state index contributed by atoms with van der Waals surface area (Å²) in [7, 11) is 0. The first-order chi connectivity index (χ1) is 7.17. The van der Waals surface area contributed by atoms with E-state index in [1.165, 1.54) is 45.1 Å². The molecule has 1 heterocycles. The van der Waals surface area contributed by atoms with E-state index in [1.54, 1.807) is 0 Å². The Kier molecular flexibility index (Phi) is 3.36. The summed E-state index contributed by atoms with van der Waals surface area (Å²) >= 11 is 0. The zero-order valence-corrected chi connectivity index (χ0v) is 10.3. The van der Waals surface area contributed by atoms with E-state index < -0.39 is 0 Å². The highest BCUT2D eigenvalue weighted by Gasteiger charge is 2.39. The van der Waals surface area contributed by atoms with Gasteiger partial charge in [-0.3, -0.25) is 4.90 Å². The van der Waals surface area contributed by atoms with Gasteiger partial charge in [-0.15, -0.1) is 0 Å². The number of hydrogen-bond donors (Lipinski definition) is 1. The van der Waals surface area contributed by atoms with Crippen LogP contribution < -0.4 is 5.73 Å². The summed E-state index contributed by atoms with van der Waals surface area (Å²) in [4.78, 5) is 2.72. The highest BCUT2D eigenvalue weighted by atomic mass is 15.2. The lowest BCUT2D eigenvalue weighted by atomic mass is 9.68. The first kappa shape index (κ1) is 11.4. The Hall–Kier alpha value is -0.0800. The van der Waals surface area contributed by atoms with Crippen LogP contribution in [-0.4, -0.2) is 30.1 Å². The third kappa shape index (κ3) is 2.21. The van der Waals surface area contributed by atoms with Crippen LogP contribution in [0, 0.1) is 5.41 Å². The molecule has 0 aromatic heterocycles. The lowest BCUT2D eigenvalue weighted by Crippen LogP contribution is -2.53. The monoisotopic (exact) mass is 210 g/mol. The van der Waals surface area contributed by atoms with Crippen molar-refractivity contribution in [3.63, 3.8) is 0 Å². The summed E-state index contributed by atoms with van der Waals surface area (Å²) in [6.07, 6.45) is 8.29. The Morgan fingerprint density at radius 1 is 1.13 bits per heavy atom. The Labute approximate surface area is 94.2 Å². The number of nitrogens with two attached hydrogens (primary N) is 1. The van der Waals surface area contributed by atoms with Gasteiger partial charge in [0.15, 0.2) is 0 Å². The zero-order valence-electron chi connectivity index (χ0n) is 10.3. The summed E-state index contributed by atoms with van der Waals surface area (Å²) in [5, 5.41) is 0. The van der Waals surface area contributed by atoms with Gasteiger partial charge in [0.25, 0.3) is 0 Å². The Morgan fingerprint density at radius 2 is 1.73 bits per heavy atom. The molecule has 0 aromatic carbocycles. The maximum atomic E-state index is 5.95. The molecule has 0 radical (unpaired) electrons. The fourth-order valence-electron chi connectivity index (χ4n) is 3.28. The van der Waals surface area contributed by atoms with E-state index in [0.717, 1.165) is 18.6 Å². The molecule has 88 valence electrons. The Morgan fingerprint density at radius 3 is 2.13 bits per heavy atom. The van der Waals surface area contributed by atoms with Crippen LogP contribution in [0.15, 0.2) is 0 Å². The van der Waals surface area contributed by atoms with E-state index in [1.807, 2.05) is 0 Å². The van der Waals surface area contributed by atoms with E-state index in [2.05, 4.69) is 18.7 Å². The third-order valence-corrected chi connectivity index (χ3v) is 4.74. The second-order valence-electron chi connectivity index (χ2n) is 5.86. The molecule has 2 nitrogen and oxygen atoms in total. The second-order valence-corrected chi connectivity index (χ2v) is 5.86. The Balaban J connectivity index is 1.96. The van der Waals surface area contributed by atoms with Gasteiger partial charge in [-0.1, -0.05) is 12.8 Å². The van der Waals surface area contributed by atoms with Gasteiger partial charge < -0.3 is 5.73 Å². The van der Waals surface area contributed by atoms with E-state index in [-0.39, 0.29) is 0 Å². The van der Waals surface area contributed by atoms with Crippen molar-refractivity contribution in [2.75, 3.05) is 13.1 Å². The molecule has 1 aliphatic carbocycles. The minimum atomic E-state index is 0.486. The molecular formula is C13H26N2. The quantitative estimate of drug-likeness (QED) is 0.775. The smallest absolute Gasteiger partial charge is 0.00700 e. The van der Waals surface area contributed by atoms with E-state index in [4.69, 9.17) is 5.73 Å². The highest BCUT2D eigenvalue weighted by molar-refractivity contribution is 4.94. The predicted octanol–water partition coefficient (Wildman–Crippen LogP) is 2.38. The molecule has 1 saturated heterocycles. The van der Waals surface area contributed by atoms with Gasteiger partial charge in [0.05, 0.1) is 0 Å². The van der Waals surface area contributed by atoms with Crippen LogP contribution in [0.2, 0.25) is 0 Å². The van der Waals surface area contributed by atoms with Gasteiger partial charge in [-0.05, 0) is 51.5 Å². The zero-order chi connectivity index (χ0) is 10.9. The molecule has 2 aliphatic rings. The van der Waals surface area contributed by atoms with Crippen molar-refractivity contribution in [3.05, 3.63) is 0 Å². The summed E-state index contributed by atoms with van der Waals surface area (Å²) in [6.45, 7) is 6.92. The van der Waals surface area contributed by atoms with E-state index in [9.17, 15) is 0 Å². The normalized spacial score (nSPS) is 36.2. The van der Waals surface area contributed by atoms with Gasteiger partial charge in [-0.2, -0.15) is 0 Å². The van der Waals surface area contributed by atoms with Crippen LogP contribution in [0.4, 0.5) is 0 Å². The number of likely N-dealkylation sites (tertiary alicyclic amines) is 1. The molecule has 0 amide bonds. The van der Waals surface area contributed by atoms with Crippen LogP contribution in [-0.2, 0) is 0 Å². The second kappa shape index (κ2) is 4.42. The van der Waals surface area contributed by atoms with Crippen molar-refractivity contribution in [2.24, 2.45) is 11.1 Å². The average Bonchev–Trinajstić information content (AvgIpc) is 2.15. The molecular weight excluding hydrogens is 184 g/mol. The minimum absolute atomic E-state index is 0.486. The van der Waals surface area contributed by atoms with Crippen LogP contribution >= 0.6 is 0 Å². The van der Waals surface area contributed by atoms with Crippen molar-refractivity contribution in [3.8, 4) is 0 Å². The maximum Gasteiger partial charge on any atom is 0.00700 e. The van der Waals surface area contributed by atoms with Crippen LogP contribution in [0.25, 0.3) is 0 Å². The molecule has 0 aromatic rings. The van der Waals surface area contributed by atoms with E-state index >= 15 is 0 Å². The molecule has 0 spiro atoms. The molecule has 0 unspecified atom stereocenters. The van der Waals surface area contributed by atoms with Crippen molar-refractivity contribution in [2.45, 2.75) is 64.5 Å². The maximum absolute atomic E-state index is 5.95. The molecule has 0 bridgehead atoms. The fourth-order valence-corrected chi connectivity index (χ4v) is 3.28. The molecule has 15 heavy (non-hydrogen) atoms. The highest BCUT2D eigenvalue weighted by Crippen LogP contribution is 2.42. The lowest BCUT2D eigenvalue weighted by molar-refractivity contribution is 0.0128. The largest absolute Gasteiger partial charge is 0.330 e. The first-order valence-electron chi connectivity index (χ1n) is 6.63. The van der Waals surface area contributed by atoms with Crippen LogP contribution in [0.1, 0.15) is 52.4 Å². The standard InChI is InChI=1S/C13H26N2/c1-11-5-3-6-12(2)15(11)10-13(9-14)7-4-8-13/h11-12H,3-10,14H2,1-2H3/t11-,12+. The lowest BCUT2D eigenvalue weighted by Gasteiger charge is -2.49. The van der Waals surface area contributed by atoms with E-state index in [0.29, 0.717) is 5.41 Å². The van der Waals surface area contributed by atoms with Crippen LogP contribution in [0.3, 0.4) is 0 Å². The first-order valence-corrected chi connectivity index (χ1v) is 6.63. The summed E-state index contributed by atoms with van der Waals surface area (Å²) in [5.41, 5.74) is 6.44. The summed E-state index contributed by atoms with van der Waals surface area (Å²) < 4.78 is 0. The molecule has 2 atom stereocenters.